The molecule has 0 aliphatic heterocycles. The zero-order valence-corrected chi connectivity index (χ0v) is 9.31. The van der Waals surface area contributed by atoms with Gasteiger partial charge in [0.15, 0.2) is 0 Å². The van der Waals surface area contributed by atoms with Gasteiger partial charge in [0.1, 0.15) is 5.75 Å². The van der Waals surface area contributed by atoms with Crippen molar-refractivity contribution in [1.29, 1.82) is 0 Å². The highest BCUT2D eigenvalue weighted by molar-refractivity contribution is 5.87. The molecule has 1 aromatic carbocycles. The topological polar surface area (TPSA) is 55.8 Å². The van der Waals surface area contributed by atoms with E-state index in [1.165, 1.54) is 12.1 Å². The third-order valence-corrected chi connectivity index (χ3v) is 2.01. The molecule has 1 N–H and O–H groups in total. The van der Waals surface area contributed by atoms with Crippen molar-refractivity contribution in [2.45, 2.75) is 13.3 Å². The van der Waals surface area contributed by atoms with Gasteiger partial charge in [0.05, 0.1) is 12.2 Å². The van der Waals surface area contributed by atoms with Gasteiger partial charge in [-0.25, -0.2) is 4.79 Å². The number of carboxylic acid groups (broad SMARTS) is 1. The van der Waals surface area contributed by atoms with Crippen LogP contribution in [0.4, 0.5) is 0 Å². The molecule has 16 heavy (non-hydrogen) atoms. The van der Waals surface area contributed by atoms with Gasteiger partial charge in [-0.2, -0.15) is 0 Å². The Balaban J connectivity index is 2.29. The van der Waals surface area contributed by atoms with Crippen LogP contribution in [0.1, 0.15) is 23.7 Å². The van der Waals surface area contributed by atoms with Gasteiger partial charge in [-0.3, -0.25) is 0 Å². The van der Waals surface area contributed by atoms with E-state index in [1.807, 2.05) is 6.92 Å². The van der Waals surface area contributed by atoms with Crippen molar-refractivity contribution in [1.82, 2.24) is 0 Å². The van der Waals surface area contributed by atoms with Crippen LogP contribution in [-0.2, 0) is 4.74 Å². The molecule has 0 saturated carbocycles. The summed E-state index contributed by atoms with van der Waals surface area (Å²) < 4.78 is 10.6. The number of hydrogen-bond donors (Lipinski definition) is 1. The Bertz CT molecular complexity index is 318. The second kappa shape index (κ2) is 6.85. The first-order valence-corrected chi connectivity index (χ1v) is 5.28. The van der Waals surface area contributed by atoms with Gasteiger partial charge in [0.25, 0.3) is 0 Å². The molecule has 0 unspecified atom stereocenters. The number of hydrogen-bond acceptors (Lipinski definition) is 3. The fourth-order valence-electron chi connectivity index (χ4n) is 1.19. The minimum atomic E-state index is -0.928. The highest BCUT2D eigenvalue weighted by atomic mass is 16.5. The van der Waals surface area contributed by atoms with E-state index < -0.39 is 5.97 Å². The maximum Gasteiger partial charge on any atom is 0.335 e. The van der Waals surface area contributed by atoms with Gasteiger partial charge in [0.2, 0.25) is 0 Å². The number of carboxylic acids is 1. The Labute approximate surface area is 94.8 Å². The molecule has 4 nitrogen and oxygen atoms in total. The van der Waals surface area contributed by atoms with Crippen molar-refractivity contribution >= 4 is 5.97 Å². The van der Waals surface area contributed by atoms with E-state index in [4.69, 9.17) is 14.6 Å². The van der Waals surface area contributed by atoms with Gasteiger partial charge < -0.3 is 14.6 Å². The molecule has 0 fully saturated rings. The first kappa shape index (κ1) is 12.5. The Morgan fingerprint density at radius 2 is 1.94 bits per heavy atom. The first-order valence-electron chi connectivity index (χ1n) is 5.28. The molecule has 0 aliphatic rings. The molecule has 0 aromatic heterocycles. The average molecular weight is 224 g/mol. The molecule has 0 bridgehead atoms. The number of ether oxygens (including phenoxy) is 2. The van der Waals surface area contributed by atoms with E-state index in [0.29, 0.717) is 25.6 Å². The first-order chi connectivity index (χ1) is 7.74. The quantitative estimate of drug-likeness (QED) is 0.721. The largest absolute Gasteiger partial charge is 0.494 e. The normalized spacial score (nSPS) is 10.1. The molecule has 0 amide bonds. The molecule has 1 rings (SSSR count). The molecule has 0 atom stereocenters. The van der Waals surface area contributed by atoms with Crippen LogP contribution in [0.25, 0.3) is 0 Å². The van der Waals surface area contributed by atoms with Crippen molar-refractivity contribution < 1.29 is 19.4 Å². The minimum absolute atomic E-state index is 0.265. The van der Waals surface area contributed by atoms with Crippen molar-refractivity contribution in [3.8, 4) is 5.75 Å². The molecule has 1 aromatic rings. The number of rotatable bonds is 7. The van der Waals surface area contributed by atoms with E-state index >= 15 is 0 Å². The van der Waals surface area contributed by atoms with E-state index in [1.54, 1.807) is 12.1 Å². The van der Waals surface area contributed by atoms with E-state index in [-0.39, 0.29) is 5.56 Å². The summed E-state index contributed by atoms with van der Waals surface area (Å²) in [6.07, 6.45) is 0.828. The lowest BCUT2D eigenvalue weighted by Crippen LogP contribution is -2.03. The second-order valence-electron chi connectivity index (χ2n) is 3.23. The average Bonchev–Trinajstić information content (AvgIpc) is 2.29. The zero-order chi connectivity index (χ0) is 11.8. The summed E-state index contributed by atoms with van der Waals surface area (Å²) in [5.74, 6) is -0.246. The van der Waals surface area contributed by atoms with Gasteiger partial charge in [0, 0.05) is 19.6 Å². The van der Waals surface area contributed by atoms with E-state index in [2.05, 4.69) is 0 Å². The summed E-state index contributed by atoms with van der Waals surface area (Å²) in [7, 11) is 0. The number of aromatic carboxylic acids is 1. The van der Waals surface area contributed by atoms with E-state index in [0.717, 1.165) is 6.42 Å². The zero-order valence-electron chi connectivity index (χ0n) is 9.31. The number of carbonyl (C=O) groups is 1. The molecular formula is C12H16O4. The van der Waals surface area contributed by atoms with Crippen LogP contribution in [0.2, 0.25) is 0 Å². The molecule has 0 radical (unpaired) electrons. The van der Waals surface area contributed by atoms with Gasteiger partial charge in [-0.15, -0.1) is 0 Å². The lowest BCUT2D eigenvalue weighted by Gasteiger charge is -2.06. The van der Waals surface area contributed by atoms with Gasteiger partial charge in [-0.1, -0.05) is 0 Å². The molecule has 0 aliphatic carbocycles. The fourth-order valence-corrected chi connectivity index (χ4v) is 1.19. The van der Waals surface area contributed by atoms with Crippen LogP contribution >= 0.6 is 0 Å². The monoisotopic (exact) mass is 224 g/mol. The summed E-state index contributed by atoms with van der Waals surface area (Å²) in [4.78, 5) is 10.6. The second-order valence-corrected chi connectivity index (χ2v) is 3.23. The summed E-state index contributed by atoms with van der Waals surface area (Å²) >= 11 is 0. The van der Waals surface area contributed by atoms with Crippen LogP contribution < -0.4 is 4.74 Å². The predicted octanol–water partition coefficient (Wildman–Crippen LogP) is 2.19. The highest BCUT2D eigenvalue weighted by Gasteiger charge is 2.01. The van der Waals surface area contributed by atoms with Crippen LogP contribution in [0, 0.1) is 0 Å². The van der Waals surface area contributed by atoms with Crippen molar-refractivity contribution in [3.63, 3.8) is 0 Å². The van der Waals surface area contributed by atoms with Crippen molar-refractivity contribution in [3.05, 3.63) is 29.8 Å². The standard InChI is InChI=1S/C12H16O4/c1-2-15-8-3-9-16-11-6-4-10(5-7-11)12(13)14/h4-7H,2-3,8-9H2,1H3,(H,13,14). The highest BCUT2D eigenvalue weighted by Crippen LogP contribution is 2.12. The Hall–Kier alpha value is -1.55. The smallest absolute Gasteiger partial charge is 0.335 e. The molecule has 0 saturated heterocycles. The molecule has 4 heteroatoms. The van der Waals surface area contributed by atoms with Crippen LogP contribution in [0.15, 0.2) is 24.3 Å². The molecule has 88 valence electrons. The Kier molecular flexibility index (Phi) is 5.36. The third kappa shape index (κ3) is 4.31. The Morgan fingerprint density at radius 1 is 1.25 bits per heavy atom. The summed E-state index contributed by atoms with van der Waals surface area (Å²) in [6, 6.07) is 6.37. The number of benzene rings is 1. The minimum Gasteiger partial charge on any atom is -0.494 e. The lowest BCUT2D eigenvalue weighted by atomic mass is 10.2. The SMILES string of the molecule is CCOCCCOc1ccc(C(=O)O)cc1. The predicted molar refractivity (Wildman–Crippen MR) is 60.0 cm³/mol. The lowest BCUT2D eigenvalue weighted by molar-refractivity contribution is 0.0697. The Morgan fingerprint density at radius 3 is 2.50 bits per heavy atom. The summed E-state index contributed by atoms with van der Waals surface area (Å²) in [6.45, 7) is 3.93. The van der Waals surface area contributed by atoms with Crippen LogP contribution in [0.3, 0.4) is 0 Å². The molecule has 0 spiro atoms. The molecular weight excluding hydrogens is 208 g/mol. The van der Waals surface area contributed by atoms with Gasteiger partial charge in [-0.05, 0) is 31.2 Å². The maximum absolute atomic E-state index is 10.6. The van der Waals surface area contributed by atoms with Crippen LogP contribution in [0.5, 0.6) is 5.75 Å². The third-order valence-electron chi connectivity index (χ3n) is 2.01. The fraction of sp³-hybridized carbons (Fsp3) is 0.417. The summed E-state index contributed by atoms with van der Waals surface area (Å²) in [5.41, 5.74) is 0.265. The van der Waals surface area contributed by atoms with Crippen LogP contribution in [-0.4, -0.2) is 30.9 Å². The maximum atomic E-state index is 10.6. The van der Waals surface area contributed by atoms with Crippen molar-refractivity contribution in [2.75, 3.05) is 19.8 Å². The van der Waals surface area contributed by atoms with E-state index in [9.17, 15) is 4.79 Å². The van der Waals surface area contributed by atoms with Crippen molar-refractivity contribution in [2.24, 2.45) is 0 Å². The summed E-state index contributed by atoms with van der Waals surface area (Å²) in [5, 5.41) is 8.69. The molecule has 0 heterocycles. The van der Waals surface area contributed by atoms with Gasteiger partial charge >= 0.3 is 5.97 Å².